The average molecular weight is 280 g/mol. The molecule has 1 aromatic carbocycles. The second-order valence-corrected chi connectivity index (χ2v) is 5.50. The van der Waals surface area contributed by atoms with E-state index in [9.17, 15) is 13.2 Å². The van der Waals surface area contributed by atoms with Gasteiger partial charge in [-0.3, -0.25) is 0 Å². The number of rotatable bonds is 4. The van der Waals surface area contributed by atoms with Crippen molar-refractivity contribution in [1.82, 2.24) is 5.32 Å². The number of alkyl halides is 4. The van der Waals surface area contributed by atoms with Crippen molar-refractivity contribution in [3.8, 4) is 0 Å². The third-order valence-corrected chi connectivity index (χ3v) is 3.60. The lowest BCUT2D eigenvalue weighted by Gasteiger charge is -2.29. The molecular formula is C13H17ClF3N. The van der Waals surface area contributed by atoms with Crippen LogP contribution in [0.1, 0.15) is 31.9 Å². The Kier molecular flexibility index (Phi) is 4.67. The zero-order valence-corrected chi connectivity index (χ0v) is 11.4. The van der Waals surface area contributed by atoms with Crippen LogP contribution in [0.2, 0.25) is 0 Å². The normalized spacial score (nSPS) is 14.6. The van der Waals surface area contributed by atoms with Gasteiger partial charge in [0.1, 0.15) is 0 Å². The maximum atomic E-state index is 12.8. The van der Waals surface area contributed by atoms with E-state index in [-0.39, 0.29) is 17.5 Å². The topological polar surface area (TPSA) is 12.0 Å². The summed E-state index contributed by atoms with van der Waals surface area (Å²) in [6.07, 6.45) is -4.32. The standard InChI is InChI=1S/C13H17ClF3N/c1-9(14)12(2,3)18-8-10-6-4-5-7-11(10)13(15,16)17/h4-7,9,18H,8H2,1-3H3. The number of hydrogen-bond donors (Lipinski definition) is 1. The zero-order chi connectivity index (χ0) is 14.0. The number of benzene rings is 1. The molecule has 0 aliphatic heterocycles. The molecule has 0 radical (unpaired) electrons. The van der Waals surface area contributed by atoms with Gasteiger partial charge in [0.25, 0.3) is 0 Å². The Labute approximate surface area is 110 Å². The summed E-state index contributed by atoms with van der Waals surface area (Å²) in [5.41, 5.74) is -0.800. The van der Waals surface area contributed by atoms with Gasteiger partial charge < -0.3 is 5.32 Å². The smallest absolute Gasteiger partial charge is 0.306 e. The highest BCUT2D eigenvalue weighted by atomic mass is 35.5. The van der Waals surface area contributed by atoms with E-state index in [0.717, 1.165) is 6.07 Å². The zero-order valence-electron chi connectivity index (χ0n) is 10.6. The van der Waals surface area contributed by atoms with Gasteiger partial charge in [-0.25, -0.2) is 0 Å². The summed E-state index contributed by atoms with van der Waals surface area (Å²) < 4.78 is 38.3. The van der Waals surface area contributed by atoms with Crippen LogP contribution in [0.4, 0.5) is 13.2 Å². The third kappa shape index (κ3) is 3.89. The molecule has 102 valence electrons. The van der Waals surface area contributed by atoms with Gasteiger partial charge in [0.2, 0.25) is 0 Å². The molecule has 0 bridgehead atoms. The van der Waals surface area contributed by atoms with Crippen LogP contribution in [0.5, 0.6) is 0 Å². The monoisotopic (exact) mass is 279 g/mol. The fraction of sp³-hybridized carbons (Fsp3) is 0.538. The van der Waals surface area contributed by atoms with Crippen molar-refractivity contribution in [2.24, 2.45) is 0 Å². The lowest BCUT2D eigenvalue weighted by atomic mass is 10.00. The van der Waals surface area contributed by atoms with Crippen molar-refractivity contribution < 1.29 is 13.2 Å². The quantitative estimate of drug-likeness (QED) is 0.815. The van der Waals surface area contributed by atoms with E-state index in [2.05, 4.69) is 5.32 Å². The van der Waals surface area contributed by atoms with Crippen LogP contribution in [0.15, 0.2) is 24.3 Å². The van der Waals surface area contributed by atoms with Crippen LogP contribution in [0.3, 0.4) is 0 Å². The predicted octanol–water partition coefficient (Wildman–Crippen LogP) is 4.20. The van der Waals surface area contributed by atoms with E-state index >= 15 is 0 Å². The summed E-state index contributed by atoms with van der Waals surface area (Å²) in [5, 5.41) is 2.87. The van der Waals surface area contributed by atoms with Crippen molar-refractivity contribution >= 4 is 11.6 Å². The molecule has 1 rings (SSSR count). The van der Waals surface area contributed by atoms with Gasteiger partial charge >= 0.3 is 6.18 Å². The van der Waals surface area contributed by atoms with Crippen molar-refractivity contribution in [1.29, 1.82) is 0 Å². The minimum atomic E-state index is -4.32. The van der Waals surface area contributed by atoms with E-state index in [1.165, 1.54) is 12.1 Å². The first-order valence-corrected chi connectivity index (χ1v) is 6.12. The first kappa shape index (κ1) is 15.3. The van der Waals surface area contributed by atoms with E-state index in [4.69, 9.17) is 11.6 Å². The molecule has 1 atom stereocenters. The molecule has 1 aromatic rings. The molecule has 18 heavy (non-hydrogen) atoms. The molecule has 0 spiro atoms. The molecule has 0 aromatic heterocycles. The van der Waals surface area contributed by atoms with E-state index < -0.39 is 17.3 Å². The van der Waals surface area contributed by atoms with Gasteiger partial charge in [-0.1, -0.05) is 18.2 Å². The molecule has 0 heterocycles. The van der Waals surface area contributed by atoms with Crippen LogP contribution in [0, 0.1) is 0 Å². The van der Waals surface area contributed by atoms with Gasteiger partial charge in [-0.05, 0) is 32.4 Å². The molecule has 0 aliphatic carbocycles. The summed E-state index contributed by atoms with van der Waals surface area (Å²) in [4.78, 5) is 0. The van der Waals surface area contributed by atoms with Crippen molar-refractivity contribution in [3.05, 3.63) is 35.4 Å². The first-order valence-electron chi connectivity index (χ1n) is 5.69. The van der Waals surface area contributed by atoms with Crippen LogP contribution < -0.4 is 5.32 Å². The average Bonchev–Trinajstić information content (AvgIpc) is 2.25. The Morgan fingerprint density at radius 2 is 1.78 bits per heavy atom. The Bertz CT molecular complexity index is 399. The van der Waals surface area contributed by atoms with Crippen molar-refractivity contribution in [2.75, 3.05) is 0 Å². The Balaban J connectivity index is 2.86. The second kappa shape index (κ2) is 5.49. The minimum Gasteiger partial charge on any atom is -0.306 e. The van der Waals surface area contributed by atoms with Crippen LogP contribution in [0.25, 0.3) is 0 Å². The van der Waals surface area contributed by atoms with Gasteiger partial charge in [0.05, 0.1) is 5.56 Å². The summed E-state index contributed by atoms with van der Waals surface area (Å²) in [6, 6.07) is 5.56. The molecule has 1 unspecified atom stereocenters. The molecule has 0 amide bonds. The lowest BCUT2D eigenvalue weighted by Crippen LogP contribution is -2.45. The van der Waals surface area contributed by atoms with E-state index in [1.54, 1.807) is 6.07 Å². The van der Waals surface area contributed by atoms with E-state index in [1.807, 2.05) is 20.8 Å². The number of halogens is 4. The maximum Gasteiger partial charge on any atom is 0.416 e. The predicted molar refractivity (Wildman–Crippen MR) is 67.7 cm³/mol. The summed E-state index contributed by atoms with van der Waals surface area (Å²) >= 11 is 5.98. The minimum absolute atomic E-state index is 0.139. The summed E-state index contributed by atoms with van der Waals surface area (Å²) in [5.74, 6) is 0. The third-order valence-electron chi connectivity index (χ3n) is 3.05. The molecule has 0 fully saturated rings. The molecule has 0 aliphatic rings. The molecule has 5 heteroatoms. The second-order valence-electron chi connectivity index (χ2n) is 4.85. The molecule has 0 saturated heterocycles. The number of hydrogen-bond acceptors (Lipinski definition) is 1. The fourth-order valence-electron chi connectivity index (χ4n) is 1.41. The Hall–Kier alpha value is -0.740. The number of nitrogens with one attached hydrogen (secondary N) is 1. The molecule has 0 saturated carbocycles. The van der Waals surface area contributed by atoms with Crippen molar-refractivity contribution in [3.63, 3.8) is 0 Å². The lowest BCUT2D eigenvalue weighted by molar-refractivity contribution is -0.138. The van der Waals surface area contributed by atoms with Crippen LogP contribution >= 0.6 is 11.6 Å². The highest BCUT2D eigenvalue weighted by Crippen LogP contribution is 2.32. The van der Waals surface area contributed by atoms with Gasteiger partial charge in [0, 0.05) is 17.5 Å². The van der Waals surface area contributed by atoms with Crippen molar-refractivity contribution in [2.45, 2.75) is 44.4 Å². The molecule has 1 N–H and O–H groups in total. The highest BCUT2D eigenvalue weighted by molar-refractivity contribution is 6.21. The molecule has 1 nitrogen and oxygen atoms in total. The SMILES string of the molecule is CC(Cl)C(C)(C)NCc1ccccc1C(F)(F)F. The summed E-state index contributed by atoms with van der Waals surface area (Å²) in [6.45, 7) is 5.67. The van der Waals surface area contributed by atoms with Gasteiger partial charge in [-0.15, -0.1) is 11.6 Å². The molecular weight excluding hydrogens is 263 g/mol. The van der Waals surface area contributed by atoms with Crippen LogP contribution in [-0.2, 0) is 12.7 Å². The largest absolute Gasteiger partial charge is 0.416 e. The highest BCUT2D eigenvalue weighted by Gasteiger charge is 2.33. The van der Waals surface area contributed by atoms with E-state index in [0.29, 0.717) is 0 Å². The maximum absolute atomic E-state index is 12.8. The Morgan fingerprint density at radius 3 is 2.28 bits per heavy atom. The first-order chi connectivity index (χ1) is 8.14. The Morgan fingerprint density at radius 1 is 1.22 bits per heavy atom. The van der Waals surface area contributed by atoms with Gasteiger partial charge in [-0.2, -0.15) is 13.2 Å². The van der Waals surface area contributed by atoms with Gasteiger partial charge in [0.15, 0.2) is 0 Å². The summed E-state index contributed by atoms with van der Waals surface area (Å²) in [7, 11) is 0. The van der Waals surface area contributed by atoms with Crippen LogP contribution in [-0.4, -0.2) is 10.9 Å². The fourth-order valence-corrected chi connectivity index (χ4v) is 1.49.